The molecule has 3 rings (SSSR count). The van der Waals surface area contributed by atoms with Crippen LogP contribution in [0, 0.1) is 5.82 Å². The Bertz CT molecular complexity index is 1130. The fraction of sp³-hybridized carbons (Fsp3) is 0.261. The molecule has 0 aliphatic carbocycles. The Labute approximate surface area is 192 Å². The Morgan fingerprint density at radius 3 is 2.44 bits per heavy atom. The molecule has 2 aromatic carbocycles. The topological polar surface area (TPSA) is 78.5 Å². The van der Waals surface area contributed by atoms with Crippen LogP contribution in [0.3, 0.4) is 0 Å². The number of sulfonamides is 1. The van der Waals surface area contributed by atoms with Crippen molar-refractivity contribution in [3.8, 4) is 0 Å². The first-order valence-corrected chi connectivity index (χ1v) is 12.7. The van der Waals surface area contributed by atoms with E-state index in [9.17, 15) is 17.6 Å². The smallest absolute Gasteiger partial charge is 0.261 e. The van der Waals surface area contributed by atoms with Gasteiger partial charge in [-0.3, -0.25) is 14.4 Å². The molecule has 6 nitrogen and oxygen atoms in total. The first-order valence-electron chi connectivity index (χ1n) is 10.3. The summed E-state index contributed by atoms with van der Waals surface area (Å²) in [5.74, 6) is -0.812. The molecule has 1 unspecified atom stereocenters. The zero-order valence-corrected chi connectivity index (χ0v) is 19.5. The Kier molecular flexibility index (Phi) is 8.00. The maximum absolute atomic E-state index is 13.1. The number of nitrogens with one attached hydrogen (secondary N) is 2. The van der Waals surface area contributed by atoms with Crippen LogP contribution in [-0.4, -0.2) is 38.9 Å². The summed E-state index contributed by atoms with van der Waals surface area (Å²) >= 11 is 1.61. The van der Waals surface area contributed by atoms with Crippen molar-refractivity contribution in [1.82, 2.24) is 10.2 Å². The van der Waals surface area contributed by atoms with Crippen LogP contribution in [0.25, 0.3) is 0 Å². The zero-order valence-electron chi connectivity index (χ0n) is 17.9. The molecule has 1 amide bonds. The van der Waals surface area contributed by atoms with E-state index >= 15 is 0 Å². The van der Waals surface area contributed by atoms with Gasteiger partial charge < -0.3 is 5.32 Å². The second kappa shape index (κ2) is 10.7. The average Bonchev–Trinajstić information content (AvgIpc) is 3.32. The number of carbonyl (C=O) groups excluding carboxylic acids is 1. The van der Waals surface area contributed by atoms with Crippen LogP contribution in [0.5, 0.6) is 0 Å². The summed E-state index contributed by atoms with van der Waals surface area (Å²) in [6.07, 6.45) is 0. The molecular formula is C23H26FN3O3S2. The maximum Gasteiger partial charge on any atom is 0.261 e. The summed E-state index contributed by atoms with van der Waals surface area (Å²) in [5, 5.41) is 7.02. The Morgan fingerprint density at radius 1 is 1.09 bits per heavy atom. The quantitative estimate of drug-likeness (QED) is 0.453. The average molecular weight is 476 g/mol. The van der Waals surface area contributed by atoms with E-state index in [0.29, 0.717) is 6.54 Å². The number of anilines is 1. The van der Waals surface area contributed by atoms with E-state index < -0.39 is 15.8 Å². The van der Waals surface area contributed by atoms with E-state index in [1.54, 1.807) is 17.4 Å². The predicted octanol–water partition coefficient (Wildman–Crippen LogP) is 4.50. The van der Waals surface area contributed by atoms with Gasteiger partial charge in [-0.25, -0.2) is 12.8 Å². The molecule has 0 aliphatic rings. The van der Waals surface area contributed by atoms with Gasteiger partial charge in [0, 0.05) is 17.8 Å². The second-order valence-corrected chi connectivity index (χ2v) is 9.61. The van der Waals surface area contributed by atoms with E-state index in [1.807, 2.05) is 11.4 Å². The largest absolute Gasteiger partial charge is 0.350 e. The fourth-order valence-corrected chi connectivity index (χ4v) is 5.23. The van der Waals surface area contributed by atoms with Gasteiger partial charge in [0.2, 0.25) is 0 Å². The summed E-state index contributed by atoms with van der Waals surface area (Å²) in [4.78, 5) is 15.0. The van der Waals surface area contributed by atoms with Crippen molar-refractivity contribution < 1.29 is 17.6 Å². The molecule has 0 bridgehead atoms. The third kappa shape index (κ3) is 5.93. The van der Waals surface area contributed by atoms with Crippen molar-refractivity contribution >= 4 is 33.0 Å². The normalized spacial score (nSPS) is 12.5. The number of benzene rings is 2. The molecule has 1 atom stereocenters. The zero-order chi connectivity index (χ0) is 23.1. The number of hydrogen-bond donors (Lipinski definition) is 2. The molecule has 3 aromatic rings. The van der Waals surface area contributed by atoms with E-state index in [-0.39, 0.29) is 28.1 Å². The third-order valence-electron chi connectivity index (χ3n) is 5.14. The predicted molar refractivity (Wildman–Crippen MR) is 126 cm³/mol. The van der Waals surface area contributed by atoms with Gasteiger partial charge >= 0.3 is 0 Å². The highest BCUT2D eigenvalue weighted by Crippen LogP contribution is 2.23. The minimum absolute atomic E-state index is 0.0345. The molecule has 0 fully saturated rings. The standard InChI is InChI=1S/C23H26FN3O3S2/c1-3-27(4-2)22(18-12-13-31-16-18)15-25-23(28)17-6-5-7-21(14-17)32(29,30)26-20-10-8-19(24)9-11-20/h5-14,16,22,26H,3-4,15H2,1-2H3,(H,25,28). The summed E-state index contributed by atoms with van der Waals surface area (Å²) in [5.41, 5.74) is 1.62. The van der Waals surface area contributed by atoms with Crippen LogP contribution in [0.1, 0.15) is 35.8 Å². The van der Waals surface area contributed by atoms with Crippen molar-refractivity contribution in [1.29, 1.82) is 0 Å². The SMILES string of the molecule is CCN(CC)C(CNC(=O)c1cccc(S(=O)(=O)Nc2ccc(F)cc2)c1)c1ccsc1. The van der Waals surface area contributed by atoms with Gasteiger partial charge in [0.15, 0.2) is 0 Å². The second-order valence-electron chi connectivity index (χ2n) is 7.14. The number of carbonyl (C=O) groups is 1. The van der Waals surface area contributed by atoms with E-state index in [2.05, 4.69) is 34.2 Å². The van der Waals surface area contributed by atoms with Gasteiger partial charge in [-0.05, 0) is 77.9 Å². The number of nitrogens with zero attached hydrogens (tertiary/aromatic N) is 1. The minimum Gasteiger partial charge on any atom is -0.350 e. The fourth-order valence-electron chi connectivity index (χ4n) is 3.41. The molecule has 9 heteroatoms. The van der Waals surface area contributed by atoms with Crippen LogP contribution in [-0.2, 0) is 10.0 Å². The highest BCUT2D eigenvalue weighted by molar-refractivity contribution is 7.92. The van der Waals surface area contributed by atoms with E-state index in [4.69, 9.17) is 0 Å². The van der Waals surface area contributed by atoms with Crippen LogP contribution in [0.4, 0.5) is 10.1 Å². The minimum atomic E-state index is -3.93. The van der Waals surface area contributed by atoms with Crippen LogP contribution in [0.15, 0.2) is 70.3 Å². The highest BCUT2D eigenvalue weighted by Gasteiger charge is 2.21. The third-order valence-corrected chi connectivity index (χ3v) is 7.22. The molecule has 1 heterocycles. The van der Waals surface area contributed by atoms with Gasteiger partial charge in [0.05, 0.1) is 10.9 Å². The Morgan fingerprint density at radius 2 is 1.81 bits per heavy atom. The summed E-state index contributed by atoms with van der Waals surface area (Å²) in [6.45, 7) is 6.24. The number of rotatable bonds is 10. The van der Waals surface area contributed by atoms with Gasteiger partial charge in [-0.15, -0.1) is 0 Å². The van der Waals surface area contributed by atoms with E-state index in [1.165, 1.54) is 42.5 Å². The van der Waals surface area contributed by atoms with Crippen LogP contribution >= 0.6 is 11.3 Å². The molecule has 0 saturated heterocycles. The molecule has 1 aromatic heterocycles. The van der Waals surface area contributed by atoms with Crippen molar-refractivity contribution in [2.75, 3.05) is 24.4 Å². The maximum atomic E-state index is 13.1. The number of amides is 1. The van der Waals surface area contributed by atoms with Gasteiger partial charge in [-0.1, -0.05) is 19.9 Å². The number of halogens is 1. The van der Waals surface area contributed by atoms with Crippen LogP contribution in [0.2, 0.25) is 0 Å². The molecule has 0 aliphatic heterocycles. The lowest BCUT2D eigenvalue weighted by molar-refractivity contribution is 0.0935. The lowest BCUT2D eigenvalue weighted by Crippen LogP contribution is -2.38. The molecule has 0 spiro atoms. The van der Waals surface area contributed by atoms with Crippen molar-refractivity contribution in [3.63, 3.8) is 0 Å². The number of thiophene rings is 1. The van der Waals surface area contributed by atoms with Gasteiger partial charge in [0.25, 0.3) is 15.9 Å². The Hall–Kier alpha value is -2.75. The van der Waals surface area contributed by atoms with Crippen molar-refractivity contribution in [2.45, 2.75) is 24.8 Å². The summed E-state index contributed by atoms with van der Waals surface area (Å²) in [7, 11) is -3.93. The molecule has 32 heavy (non-hydrogen) atoms. The monoisotopic (exact) mass is 475 g/mol. The number of likely N-dealkylation sites (N-methyl/N-ethyl adjacent to an activating group) is 1. The molecule has 2 N–H and O–H groups in total. The molecule has 0 radical (unpaired) electrons. The Balaban J connectivity index is 1.73. The summed E-state index contributed by atoms with van der Waals surface area (Å²) < 4.78 is 40.9. The number of hydrogen-bond acceptors (Lipinski definition) is 5. The van der Waals surface area contributed by atoms with E-state index in [0.717, 1.165) is 18.7 Å². The first kappa shape index (κ1) is 23.9. The van der Waals surface area contributed by atoms with Crippen LogP contribution < -0.4 is 10.0 Å². The lowest BCUT2D eigenvalue weighted by Gasteiger charge is -2.29. The summed E-state index contributed by atoms with van der Waals surface area (Å²) in [6, 6.07) is 12.9. The molecular weight excluding hydrogens is 449 g/mol. The lowest BCUT2D eigenvalue weighted by atomic mass is 10.1. The van der Waals surface area contributed by atoms with Gasteiger partial charge in [-0.2, -0.15) is 11.3 Å². The highest BCUT2D eigenvalue weighted by atomic mass is 32.2. The van der Waals surface area contributed by atoms with Crippen molar-refractivity contribution in [3.05, 3.63) is 82.3 Å². The first-order chi connectivity index (χ1) is 15.3. The molecule has 0 saturated carbocycles. The van der Waals surface area contributed by atoms with Gasteiger partial charge in [0.1, 0.15) is 5.82 Å². The van der Waals surface area contributed by atoms with Crippen molar-refractivity contribution in [2.24, 2.45) is 0 Å². The molecule has 170 valence electrons.